The van der Waals surface area contributed by atoms with Crippen molar-refractivity contribution in [3.05, 3.63) is 28.2 Å². The minimum atomic E-state index is -4.12. The molecule has 0 unspecified atom stereocenters. The average molecular weight is 339 g/mol. The van der Waals surface area contributed by atoms with E-state index in [2.05, 4.69) is 21.2 Å². The van der Waals surface area contributed by atoms with Gasteiger partial charge in [0.15, 0.2) is 0 Å². The third-order valence-electron chi connectivity index (χ3n) is 2.75. The summed E-state index contributed by atoms with van der Waals surface area (Å²) in [6.07, 6.45) is -4.92. The molecule has 0 amide bonds. The van der Waals surface area contributed by atoms with Crippen molar-refractivity contribution in [1.29, 1.82) is 0 Å². The zero-order valence-electron chi connectivity index (χ0n) is 11.0. The van der Waals surface area contributed by atoms with Crippen molar-refractivity contribution >= 4 is 21.6 Å². The zero-order chi connectivity index (χ0) is 14.5. The van der Waals surface area contributed by atoms with Crippen molar-refractivity contribution < 1.29 is 13.2 Å². The van der Waals surface area contributed by atoms with Crippen LogP contribution < -0.4 is 10.2 Å². The van der Waals surface area contributed by atoms with Gasteiger partial charge >= 0.3 is 6.18 Å². The van der Waals surface area contributed by atoms with E-state index < -0.39 is 12.6 Å². The Morgan fingerprint density at radius 3 is 2.58 bits per heavy atom. The molecule has 0 saturated heterocycles. The highest BCUT2D eigenvalue weighted by atomic mass is 79.9. The summed E-state index contributed by atoms with van der Waals surface area (Å²) >= 11 is 3.38. The number of rotatable bonds is 6. The van der Waals surface area contributed by atoms with Crippen LogP contribution in [0.1, 0.15) is 18.9 Å². The van der Waals surface area contributed by atoms with Crippen LogP contribution in [0.3, 0.4) is 0 Å². The Hall–Kier alpha value is -0.750. The van der Waals surface area contributed by atoms with E-state index in [1.54, 1.807) is 11.9 Å². The fourth-order valence-corrected chi connectivity index (χ4v) is 2.15. The lowest BCUT2D eigenvalue weighted by Gasteiger charge is -2.23. The van der Waals surface area contributed by atoms with Crippen LogP contribution in [0.15, 0.2) is 22.7 Å². The van der Waals surface area contributed by atoms with E-state index in [0.717, 1.165) is 22.3 Å². The number of benzene rings is 1. The van der Waals surface area contributed by atoms with Gasteiger partial charge in [-0.25, -0.2) is 0 Å². The van der Waals surface area contributed by atoms with Gasteiger partial charge in [0.25, 0.3) is 0 Å². The summed E-state index contributed by atoms with van der Waals surface area (Å²) in [5.41, 5.74) is 1.81. The zero-order valence-corrected chi connectivity index (χ0v) is 12.6. The maximum absolute atomic E-state index is 12.3. The van der Waals surface area contributed by atoms with Gasteiger partial charge in [-0.2, -0.15) is 13.2 Å². The monoisotopic (exact) mass is 338 g/mol. The quantitative estimate of drug-likeness (QED) is 0.844. The van der Waals surface area contributed by atoms with E-state index >= 15 is 0 Å². The van der Waals surface area contributed by atoms with Gasteiger partial charge in [0, 0.05) is 30.3 Å². The Balaban J connectivity index is 2.79. The average Bonchev–Trinajstić information content (AvgIpc) is 2.32. The molecule has 1 rings (SSSR count). The minimum Gasteiger partial charge on any atom is -0.374 e. The van der Waals surface area contributed by atoms with Gasteiger partial charge in [0.1, 0.15) is 0 Å². The van der Waals surface area contributed by atoms with Crippen molar-refractivity contribution in [3.8, 4) is 0 Å². The number of hydrogen-bond donors (Lipinski definition) is 1. The van der Waals surface area contributed by atoms with Gasteiger partial charge in [-0.05, 0) is 30.3 Å². The predicted molar refractivity (Wildman–Crippen MR) is 75.5 cm³/mol. The van der Waals surface area contributed by atoms with Crippen molar-refractivity contribution in [3.63, 3.8) is 0 Å². The first kappa shape index (κ1) is 16.3. The molecule has 108 valence electrons. The molecule has 0 spiro atoms. The largest absolute Gasteiger partial charge is 0.390 e. The van der Waals surface area contributed by atoms with E-state index in [1.165, 1.54) is 0 Å². The third-order valence-corrected chi connectivity index (χ3v) is 3.24. The Bertz CT molecular complexity index is 407. The lowest BCUT2D eigenvalue weighted by molar-refractivity contribution is -0.132. The molecule has 1 aromatic carbocycles. The maximum atomic E-state index is 12.3. The highest BCUT2D eigenvalue weighted by Gasteiger charge is 2.27. The van der Waals surface area contributed by atoms with Crippen LogP contribution in [-0.4, -0.2) is 26.3 Å². The first-order valence-corrected chi connectivity index (χ1v) is 6.90. The molecular formula is C13H18BrF3N2. The molecule has 0 radical (unpaired) electrons. The Morgan fingerprint density at radius 1 is 1.32 bits per heavy atom. The molecule has 0 atom stereocenters. The maximum Gasteiger partial charge on any atom is 0.390 e. The second kappa shape index (κ2) is 7.14. The van der Waals surface area contributed by atoms with Gasteiger partial charge in [-0.1, -0.05) is 22.9 Å². The highest BCUT2D eigenvalue weighted by molar-refractivity contribution is 9.10. The smallest absolute Gasteiger partial charge is 0.374 e. The Labute approximate surface area is 120 Å². The van der Waals surface area contributed by atoms with Crippen molar-refractivity contribution in [2.24, 2.45) is 0 Å². The molecule has 6 heteroatoms. The predicted octanol–water partition coefficient (Wildman–Crippen LogP) is 3.95. The summed E-state index contributed by atoms with van der Waals surface area (Å²) in [6.45, 7) is 3.41. The topological polar surface area (TPSA) is 15.3 Å². The van der Waals surface area contributed by atoms with Crippen LogP contribution in [-0.2, 0) is 6.54 Å². The van der Waals surface area contributed by atoms with E-state index in [4.69, 9.17) is 0 Å². The summed E-state index contributed by atoms with van der Waals surface area (Å²) in [5, 5.41) is 3.19. The molecular weight excluding hydrogens is 321 g/mol. The Morgan fingerprint density at radius 2 is 2.00 bits per heavy atom. The number of nitrogens with zero attached hydrogens (tertiary/aromatic N) is 1. The van der Waals surface area contributed by atoms with Crippen molar-refractivity contribution in [2.45, 2.75) is 26.1 Å². The van der Waals surface area contributed by atoms with Crippen molar-refractivity contribution in [1.82, 2.24) is 5.32 Å². The summed E-state index contributed by atoms with van der Waals surface area (Å²) < 4.78 is 37.7. The lowest BCUT2D eigenvalue weighted by atomic mass is 10.1. The van der Waals surface area contributed by atoms with Gasteiger partial charge in [0.05, 0.1) is 6.42 Å². The molecule has 0 aliphatic rings. The number of halogens is 4. The molecule has 0 bridgehead atoms. The lowest BCUT2D eigenvalue weighted by Crippen LogP contribution is -2.25. The molecule has 0 aromatic heterocycles. The number of hydrogen-bond acceptors (Lipinski definition) is 2. The molecule has 0 saturated carbocycles. The van der Waals surface area contributed by atoms with Crippen LogP contribution >= 0.6 is 15.9 Å². The van der Waals surface area contributed by atoms with Crippen LogP contribution in [0.25, 0.3) is 0 Å². The summed E-state index contributed by atoms with van der Waals surface area (Å²) in [5.74, 6) is 0. The van der Waals surface area contributed by atoms with Gasteiger partial charge in [-0.3, -0.25) is 0 Å². The molecule has 19 heavy (non-hydrogen) atoms. The standard InChI is InChI=1S/C13H18BrF3N2/c1-3-18-9-10-8-11(14)4-5-12(10)19(2)7-6-13(15,16)17/h4-5,8,18H,3,6-7,9H2,1-2H3. The van der Waals surface area contributed by atoms with Gasteiger partial charge < -0.3 is 10.2 Å². The molecule has 1 N–H and O–H groups in total. The summed E-state index contributed by atoms with van der Waals surface area (Å²) in [4.78, 5) is 1.65. The molecule has 1 aromatic rings. The van der Waals surface area contributed by atoms with E-state index in [0.29, 0.717) is 6.54 Å². The van der Waals surface area contributed by atoms with Crippen LogP contribution in [0, 0.1) is 0 Å². The minimum absolute atomic E-state index is 0.0374. The fraction of sp³-hybridized carbons (Fsp3) is 0.538. The second-order valence-electron chi connectivity index (χ2n) is 4.34. The highest BCUT2D eigenvalue weighted by Crippen LogP contribution is 2.26. The number of nitrogens with one attached hydrogen (secondary N) is 1. The van der Waals surface area contributed by atoms with E-state index in [1.807, 2.05) is 25.1 Å². The van der Waals surface area contributed by atoms with Crippen LogP contribution in [0.5, 0.6) is 0 Å². The summed E-state index contributed by atoms with van der Waals surface area (Å²) in [6, 6.07) is 5.62. The normalized spacial score (nSPS) is 11.7. The van der Waals surface area contributed by atoms with Crippen LogP contribution in [0.2, 0.25) is 0 Å². The third kappa shape index (κ3) is 5.82. The van der Waals surface area contributed by atoms with Gasteiger partial charge in [-0.15, -0.1) is 0 Å². The first-order valence-electron chi connectivity index (χ1n) is 6.10. The number of anilines is 1. The SMILES string of the molecule is CCNCc1cc(Br)ccc1N(C)CCC(F)(F)F. The fourth-order valence-electron chi connectivity index (χ4n) is 1.74. The first-order chi connectivity index (χ1) is 8.83. The molecule has 0 fully saturated rings. The molecule has 0 heterocycles. The van der Waals surface area contributed by atoms with E-state index in [-0.39, 0.29) is 6.54 Å². The van der Waals surface area contributed by atoms with Crippen molar-refractivity contribution in [2.75, 3.05) is 25.0 Å². The molecule has 0 aliphatic heterocycles. The van der Waals surface area contributed by atoms with Gasteiger partial charge in [0.2, 0.25) is 0 Å². The number of alkyl halides is 3. The van der Waals surface area contributed by atoms with E-state index in [9.17, 15) is 13.2 Å². The summed E-state index contributed by atoms with van der Waals surface area (Å²) in [7, 11) is 1.68. The molecule has 2 nitrogen and oxygen atoms in total. The second-order valence-corrected chi connectivity index (χ2v) is 5.26. The van der Waals surface area contributed by atoms with Crippen LogP contribution in [0.4, 0.5) is 18.9 Å². The Kier molecular flexibility index (Phi) is 6.13. The molecule has 0 aliphatic carbocycles.